The average Bonchev–Trinajstić information content (AvgIpc) is 3.60. The van der Waals surface area contributed by atoms with Gasteiger partial charge in [-0.2, -0.15) is 4.58 Å². The fourth-order valence-electron chi connectivity index (χ4n) is 8.10. The van der Waals surface area contributed by atoms with Crippen LogP contribution >= 0.6 is 0 Å². The smallest absolute Gasteiger partial charge is 0.214 e. The lowest BCUT2D eigenvalue weighted by molar-refractivity contribution is -0.423. The first-order valence-corrected chi connectivity index (χ1v) is 17.2. The van der Waals surface area contributed by atoms with Crippen LogP contribution in [0.15, 0.2) is 152 Å². The Kier molecular flexibility index (Phi) is 7.97. The molecule has 0 bridgehead atoms. The molecule has 0 radical (unpaired) electrons. The Balaban J connectivity index is 1.33. The van der Waals surface area contributed by atoms with Crippen molar-refractivity contribution in [2.75, 3.05) is 13.7 Å². The first kappa shape index (κ1) is 30.7. The number of rotatable bonds is 9. The Labute approximate surface area is 288 Å². The van der Waals surface area contributed by atoms with Crippen molar-refractivity contribution in [2.24, 2.45) is 5.92 Å². The van der Waals surface area contributed by atoms with Crippen LogP contribution in [-0.4, -0.2) is 28.5 Å². The third-order valence-corrected chi connectivity index (χ3v) is 10.1. The van der Waals surface area contributed by atoms with E-state index < -0.39 is 0 Å². The molecule has 2 aliphatic rings. The largest absolute Gasteiger partial charge is 0.497 e. The van der Waals surface area contributed by atoms with Crippen LogP contribution in [0.1, 0.15) is 30.9 Å². The van der Waals surface area contributed by atoms with Crippen LogP contribution in [0.2, 0.25) is 0 Å². The molecule has 0 saturated carbocycles. The van der Waals surface area contributed by atoms with E-state index in [1.807, 2.05) is 12.2 Å². The van der Waals surface area contributed by atoms with E-state index in [0.717, 1.165) is 31.7 Å². The van der Waals surface area contributed by atoms with Crippen molar-refractivity contribution in [3.8, 4) is 5.75 Å². The van der Waals surface area contributed by atoms with E-state index in [1.54, 1.807) is 7.11 Å². The molecule has 3 nitrogen and oxygen atoms in total. The second kappa shape index (κ2) is 12.7. The van der Waals surface area contributed by atoms with Gasteiger partial charge in [0.25, 0.3) is 0 Å². The summed E-state index contributed by atoms with van der Waals surface area (Å²) in [6, 6.07) is 35.0. The molecule has 1 aliphatic heterocycles. The number of aromatic nitrogens is 1. The summed E-state index contributed by atoms with van der Waals surface area (Å²) in [6.45, 7) is 12.1. The van der Waals surface area contributed by atoms with E-state index in [-0.39, 0.29) is 0 Å². The number of allylic oxidation sites excluding steroid dienone is 7. The van der Waals surface area contributed by atoms with Gasteiger partial charge in [0, 0.05) is 40.3 Å². The molecule has 1 unspecified atom stereocenters. The molecule has 0 saturated heterocycles. The molecular formula is C46H41N2O+. The summed E-state index contributed by atoms with van der Waals surface area (Å²) in [4.78, 5) is 0. The normalized spacial score (nSPS) is 17.5. The molecule has 6 aromatic rings. The summed E-state index contributed by atoms with van der Waals surface area (Å²) >= 11 is 0. The number of benzene rings is 5. The van der Waals surface area contributed by atoms with Gasteiger partial charge in [-0.3, -0.25) is 0 Å². The molecule has 3 heteroatoms. The number of methoxy groups -OCH3 is 1. The maximum atomic E-state index is 5.56. The molecule has 0 spiro atoms. The Hall–Kier alpha value is -5.67. The molecule has 1 atom stereocenters. The van der Waals surface area contributed by atoms with Gasteiger partial charge in [-0.25, -0.2) is 0 Å². The standard InChI is InChI=1S/C46H41N2O/c1-5-27-47-40(38-15-7-11-32-13-9-17-42(47)45(32)38)25-21-35-29-31(3)30-36(44(35)34-19-23-37(49-4)24-20-34)22-26-41-39-16-8-12-33-14-10-18-43(46(33)39)48(41)28-6-2/h5-26,31H,1-2,27-30H2,3-4H3/q+1. The van der Waals surface area contributed by atoms with E-state index in [0.29, 0.717) is 5.92 Å². The lowest BCUT2D eigenvalue weighted by Gasteiger charge is -2.27. The van der Waals surface area contributed by atoms with Gasteiger partial charge in [0.2, 0.25) is 11.4 Å². The zero-order chi connectivity index (χ0) is 33.5. The summed E-state index contributed by atoms with van der Waals surface area (Å²) in [5.41, 5.74) is 10.2. The quantitative estimate of drug-likeness (QED) is 0.114. The highest BCUT2D eigenvalue weighted by atomic mass is 16.5. The Morgan fingerprint density at radius 2 is 1.53 bits per heavy atom. The number of ether oxygens (including phenoxy) is 1. The van der Waals surface area contributed by atoms with Crippen LogP contribution in [0.3, 0.4) is 0 Å². The van der Waals surface area contributed by atoms with Crippen LogP contribution < -0.4 is 10.1 Å². The molecule has 2 heterocycles. The fraction of sp³-hybridized carbons (Fsp3) is 0.152. The van der Waals surface area contributed by atoms with Gasteiger partial charge in [0.15, 0.2) is 6.54 Å². The van der Waals surface area contributed by atoms with E-state index in [4.69, 9.17) is 4.74 Å². The fourth-order valence-corrected chi connectivity index (χ4v) is 8.10. The molecular weight excluding hydrogens is 597 g/mol. The number of nitrogens with zero attached hydrogens (tertiary/aromatic N) is 2. The molecule has 0 N–H and O–H groups in total. The second-order valence-electron chi connectivity index (χ2n) is 13.3. The molecule has 0 amide bonds. The van der Waals surface area contributed by atoms with Crippen molar-refractivity contribution >= 4 is 55.5 Å². The summed E-state index contributed by atoms with van der Waals surface area (Å²) < 4.78 is 10.4. The summed E-state index contributed by atoms with van der Waals surface area (Å²) in [5.74, 6) is 1.36. The maximum Gasteiger partial charge on any atom is 0.214 e. The van der Waals surface area contributed by atoms with Gasteiger partial charge in [0.05, 0.1) is 18.1 Å². The zero-order valence-electron chi connectivity index (χ0n) is 28.3. The van der Waals surface area contributed by atoms with Crippen LogP contribution in [0.4, 0.5) is 5.69 Å². The van der Waals surface area contributed by atoms with Gasteiger partial charge in [-0.1, -0.05) is 98.5 Å². The van der Waals surface area contributed by atoms with Gasteiger partial charge < -0.3 is 9.30 Å². The number of hydrogen-bond acceptors (Lipinski definition) is 1. The van der Waals surface area contributed by atoms with Crippen LogP contribution in [0.25, 0.3) is 44.1 Å². The second-order valence-corrected chi connectivity index (χ2v) is 13.3. The Morgan fingerprint density at radius 3 is 2.29 bits per heavy atom. The topological polar surface area (TPSA) is 17.2 Å². The molecule has 1 aromatic heterocycles. The lowest BCUT2D eigenvalue weighted by atomic mass is 9.78. The minimum absolute atomic E-state index is 0.498. The highest BCUT2D eigenvalue weighted by molar-refractivity contribution is 6.19. The van der Waals surface area contributed by atoms with Crippen molar-refractivity contribution in [3.05, 3.63) is 168 Å². The third kappa shape index (κ3) is 5.27. The first-order chi connectivity index (χ1) is 24.1. The average molecular weight is 638 g/mol. The third-order valence-electron chi connectivity index (χ3n) is 10.1. The van der Waals surface area contributed by atoms with Gasteiger partial charge in [-0.05, 0) is 88.2 Å². The van der Waals surface area contributed by atoms with Gasteiger partial charge >= 0.3 is 0 Å². The van der Waals surface area contributed by atoms with Crippen LogP contribution in [-0.2, 0) is 6.54 Å². The lowest BCUT2D eigenvalue weighted by Crippen LogP contribution is -2.16. The maximum absolute atomic E-state index is 5.56. The predicted molar refractivity (Wildman–Crippen MR) is 208 cm³/mol. The van der Waals surface area contributed by atoms with Crippen molar-refractivity contribution in [1.29, 1.82) is 0 Å². The predicted octanol–water partition coefficient (Wildman–Crippen LogP) is 10.3. The van der Waals surface area contributed by atoms with E-state index in [2.05, 4.69) is 151 Å². The summed E-state index contributed by atoms with van der Waals surface area (Å²) in [6.07, 6.45) is 15.4. The minimum atomic E-state index is 0.498. The van der Waals surface area contributed by atoms with Crippen molar-refractivity contribution in [2.45, 2.75) is 26.3 Å². The number of hydrogen-bond donors (Lipinski definition) is 0. The molecule has 49 heavy (non-hydrogen) atoms. The van der Waals surface area contributed by atoms with Crippen LogP contribution in [0, 0.1) is 5.92 Å². The molecule has 5 aromatic carbocycles. The highest BCUT2D eigenvalue weighted by Gasteiger charge is 2.30. The van der Waals surface area contributed by atoms with E-state index >= 15 is 0 Å². The summed E-state index contributed by atoms with van der Waals surface area (Å²) in [7, 11) is 1.73. The van der Waals surface area contributed by atoms with E-state index in [9.17, 15) is 0 Å². The molecule has 240 valence electrons. The van der Waals surface area contributed by atoms with Gasteiger partial charge in [0.1, 0.15) is 5.75 Å². The van der Waals surface area contributed by atoms with Crippen molar-refractivity contribution in [1.82, 2.24) is 4.57 Å². The minimum Gasteiger partial charge on any atom is -0.497 e. The SMILES string of the molecule is C=CCn1/c(=C/C=C2\CC(C)CC(/C=C/C3=[N+](CC=C)c4cccc5cccc3c45)=C2c2ccc(OC)cc2)c2cccc3cccc1c32. The highest BCUT2D eigenvalue weighted by Crippen LogP contribution is 2.41. The van der Waals surface area contributed by atoms with Crippen molar-refractivity contribution in [3.63, 3.8) is 0 Å². The Morgan fingerprint density at radius 1 is 0.796 bits per heavy atom. The molecule has 0 fully saturated rings. The Bertz CT molecular complexity index is 2450. The molecule has 8 rings (SSSR count). The van der Waals surface area contributed by atoms with Crippen molar-refractivity contribution < 1.29 is 9.31 Å². The van der Waals surface area contributed by atoms with Gasteiger partial charge in [-0.15, -0.1) is 6.58 Å². The van der Waals surface area contributed by atoms with Crippen LogP contribution in [0.5, 0.6) is 5.75 Å². The van der Waals surface area contributed by atoms with E-state index in [1.165, 1.54) is 77.0 Å². The first-order valence-electron chi connectivity index (χ1n) is 17.2. The molecule has 1 aliphatic carbocycles. The zero-order valence-corrected chi connectivity index (χ0v) is 28.3. The summed E-state index contributed by atoms with van der Waals surface area (Å²) in [5, 5.41) is 7.67. The monoisotopic (exact) mass is 637 g/mol.